The number of carbonyl (C=O) groups is 1. The molecule has 2 aliphatic rings. The van der Waals surface area contributed by atoms with Gasteiger partial charge in [-0.1, -0.05) is 13.8 Å². The Labute approximate surface area is 182 Å². The number of amides is 1. The number of nitrogens with one attached hydrogen (secondary N) is 1. The first-order valence-corrected chi connectivity index (χ1v) is 12.3. The Morgan fingerprint density at radius 2 is 1.90 bits per heavy atom. The van der Waals surface area contributed by atoms with Gasteiger partial charge >= 0.3 is 0 Å². The molecule has 1 fully saturated rings. The van der Waals surface area contributed by atoms with Crippen LogP contribution in [0.1, 0.15) is 50.4 Å². The van der Waals surface area contributed by atoms with E-state index in [1.54, 1.807) is 24.8 Å². The quantitative estimate of drug-likeness (QED) is 0.763. The van der Waals surface area contributed by atoms with Gasteiger partial charge in [-0.3, -0.25) is 9.78 Å². The summed E-state index contributed by atoms with van der Waals surface area (Å²) in [5.41, 5.74) is 2.45. The van der Waals surface area contributed by atoms with Crippen molar-refractivity contribution in [1.29, 1.82) is 0 Å². The first kappa shape index (κ1) is 21.8. The minimum Gasteiger partial charge on any atom is -0.349 e. The van der Waals surface area contributed by atoms with Gasteiger partial charge in [0, 0.05) is 43.2 Å². The molecule has 31 heavy (non-hydrogen) atoms. The van der Waals surface area contributed by atoms with Crippen LogP contribution in [0, 0.1) is 11.3 Å². The van der Waals surface area contributed by atoms with Crippen molar-refractivity contribution < 1.29 is 13.2 Å². The van der Waals surface area contributed by atoms with Crippen molar-refractivity contribution in [3.8, 4) is 11.5 Å². The van der Waals surface area contributed by atoms with Crippen LogP contribution >= 0.6 is 0 Å². The van der Waals surface area contributed by atoms with Gasteiger partial charge in [-0.2, -0.15) is 0 Å². The number of hydrogen-bond donors (Lipinski definition) is 1. The average molecular weight is 445 g/mol. The fourth-order valence-electron chi connectivity index (χ4n) is 4.45. The van der Waals surface area contributed by atoms with Crippen LogP contribution in [0.5, 0.6) is 0 Å². The molecule has 0 spiro atoms. The maximum atomic E-state index is 13.0. The molecule has 0 aromatic carbocycles. The van der Waals surface area contributed by atoms with Gasteiger partial charge in [-0.25, -0.2) is 27.7 Å². The van der Waals surface area contributed by atoms with Crippen molar-refractivity contribution in [2.45, 2.75) is 45.6 Å². The zero-order chi connectivity index (χ0) is 22.2. The lowest BCUT2D eigenvalue weighted by atomic mass is 9.74. The van der Waals surface area contributed by atoms with Crippen molar-refractivity contribution in [2.24, 2.45) is 11.3 Å². The Morgan fingerprint density at radius 3 is 2.55 bits per heavy atom. The first-order chi connectivity index (χ1) is 14.6. The SMILES string of the molecule is CC1(C)Cc2nc(-c3cnccn3)ncc2C(NC(=O)C2CCN(S(C)(=O)=O)CC2)C1. The van der Waals surface area contributed by atoms with Crippen molar-refractivity contribution in [1.82, 2.24) is 29.6 Å². The maximum absolute atomic E-state index is 13.0. The molecule has 1 aliphatic carbocycles. The third kappa shape index (κ3) is 4.90. The molecule has 4 rings (SSSR count). The third-order valence-electron chi connectivity index (χ3n) is 6.08. The molecule has 1 saturated heterocycles. The van der Waals surface area contributed by atoms with Crippen LogP contribution in [0.2, 0.25) is 0 Å². The fraction of sp³-hybridized carbons (Fsp3) is 0.571. The molecule has 9 nitrogen and oxygen atoms in total. The molecule has 3 heterocycles. The summed E-state index contributed by atoms with van der Waals surface area (Å²) in [4.78, 5) is 30.6. The lowest BCUT2D eigenvalue weighted by Crippen LogP contribution is -2.44. The standard InChI is InChI=1S/C21H28N6O3S/c1-21(2)10-16-15(12-24-19(25-16)18-13-22-6-7-23-18)17(11-21)26-20(28)14-4-8-27(9-5-14)31(3,29)30/h6-7,12-14,17H,4-5,8-11H2,1-3H3,(H,26,28). The topological polar surface area (TPSA) is 118 Å². The lowest BCUT2D eigenvalue weighted by molar-refractivity contribution is -0.127. The van der Waals surface area contributed by atoms with E-state index in [1.165, 1.54) is 10.6 Å². The van der Waals surface area contributed by atoms with Crippen molar-refractivity contribution in [3.05, 3.63) is 36.0 Å². The summed E-state index contributed by atoms with van der Waals surface area (Å²) in [7, 11) is -3.21. The van der Waals surface area contributed by atoms with E-state index >= 15 is 0 Å². The number of hydrogen-bond acceptors (Lipinski definition) is 7. The molecule has 166 valence electrons. The molecule has 0 saturated carbocycles. The number of rotatable bonds is 4. The molecule has 1 aliphatic heterocycles. The van der Waals surface area contributed by atoms with E-state index in [0.29, 0.717) is 37.4 Å². The molecule has 2 aromatic rings. The molecule has 1 atom stereocenters. The molecular formula is C21H28N6O3S. The predicted molar refractivity (Wildman–Crippen MR) is 115 cm³/mol. The lowest BCUT2D eigenvalue weighted by Gasteiger charge is -2.37. The normalized spacial score (nSPS) is 22.0. The first-order valence-electron chi connectivity index (χ1n) is 10.5. The number of sulfonamides is 1. The second-order valence-electron chi connectivity index (χ2n) is 9.23. The summed E-state index contributed by atoms with van der Waals surface area (Å²) in [5, 5.41) is 3.20. The number of fused-ring (bicyclic) bond motifs is 1. The highest BCUT2D eigenvalue weighted by Gasteiger charge is 2.36. The van der Waals surface area contributed by atoms with Crippen LogP contribution in [0.15, 0.2) is 24.8 Å². The van der Waals surface area contributed by atoms with E-state index in [9.17, 15) is 13.2 Å². The number of aromatic nitrogens is 4. The van der Waals surface area contributed by atoms with Crippen LogP contribution < -0.4 is 5.32 Å². The monoisotopic (exact) mass is 444 g/mol. The zero-order valence-electron chi connectivity index (χ0n) is 18.1. The van der Waals surface area contributed by atoms with Crippen LogP contribution in [-0.2, 0) is 21.2 Å². The third-order valence-corrected chi connectivity index (χ3v) is 7.38. The zero-order valence-corrected chi connectivity index (χ0v) is 18.9. The summed E-state index contributed by atoms with van der Waals surface area (Å²) in [6.07, 6.45) is 10.5. The largest absolute Gasteiger partial charge is 0.349 e. The molecule has 10 heteroatoms. The molecule has 1 unspecified atom stereocenters. The van der Waals surface area contributed by atoms with Crippen LogP contribution in [0.4, 0.5) is 0 Å². The summed E-state index contributed by atoms with van der Waals surface area (Å²) in [5.74, 6) is 0.314. The van der Waals surface area contributed by atoms with Crippen LogP contribution in [-0.4, -0.2) is 57.9 Å². The van der Waals surface area contributed by atoms with Gasteiger partial charge in [-0.15, -0.1) is 0 Å². The fourth-order valence-corrected chi connectivity index (χ4v) is 5.33. The molecule has 1 amide bonds. The van der Waals surface area contributed by atoms with E-state index in [1.807, 2.05) is 0 Å². The molecule has 1 N–H and O–H groups in total. The van der Waals surface area contributed by atoms with E-state index in [4.69, 9.17) is 4.98 Å². The smallest absolute Gasteiger partial charge is 0.223 e. The Bertz CT molecular complexity index is 1070. The average Bonchev–Trinajstić information content (AvgIpc) is 2.72. The van der Waals surface area contributed by atoms with Crippen molar-refractivity contribution in [2.75, 3.05) is 19.3 Å². The number of nitrogens with zero attached hydrogens (tertiary/aromatic N) is 5. The van der Waals surface area contributed by atoms with Gasteiger partial charge in [0.05, 0.1) is 24.2 Å². The minimum atomic E-state index is -3.21. The van der Waals surface area contributed by atoms with Gasteiger partial charge in [0.2, 0.25) is 15.9 Å². The van der Waals surface area contributed by atoms with Crippen LogP contribution in [0.25, 0.3) is 11.5 Å². The van der Waals surface area contributed by atoms with E-state index in [0.717, 1.165) is 24.1 Å². The molecule has 0 bridgehead atoms. The van der Waals surface area contributed by atoms with Gasteiger partial charge in [-0.05, 0) is 31.1 Å². The number of piperidine rings is 1. The highest BCUT2D eigenvalue weighted by Crippen LogP contribution is 2.40. The van der Waals surface area contributed by atoms with E-state index in [2.05, 4.69) is 34.1 Å². The number of carbonyl (C=O) groups excluding carboxylic acids is 1. The second kappa shape index (κ2) is 8.23. The maximum Gasteiger partial charge on any atom is 0.223 e. The van der Waals surface area contributed by atoms with Gasteiger partial charge in [0.1, 0.15) is 5.69 Å². The van der Waals surface area contributed by atoms with Gasteiger partial charge < -0.3 is 5.32 Å². The molecular weight excluding hydrogens is 416 g/mol. The Kier molecular flexibility index (Phi) is 5.78. The Morgan fingerprint density at radius 1 is 1.16 bits per heavy atom. The highest BCUT2D eigenvalue weighted by atomic mass is 32.2. The molecule has 2 aromatic heterocycles. The summed E-state index contributed by atoms with van der Waals surface area (Å²) < 4.78 is 24.9. The summed E-state index contributed by atoms with van der Waals surface area (Å²) >= 11 is 0. The predicted octanol–water partition coefficient (Wildman–Crippen LogP) is 1.73. The van der Waals surface area contributed by atoms with Crippen molar-refractivity contribution >= 4 is 15.9 Å². The Balaban J connectivity index is 1.51. The van der Waals surface area contributed by atoms with Crippen LogP contribution in [0.3, 0.4) is 0 Å². The minimum absolute atomic E-state index is 0.0280. The second-order valence-corrected chi connectivity index (χ2v) is 11.2. The summed E-state index contributed by atoms with van der Waals surface area (Å²) in [6, 6.07) is -0.171. The molecule has 0 radical (unpaired) electrons. The Hall–Kier alpha value is -2.46. The summed E-state index contributed by atoms with van der Waals surface area (Å²) in [6.45, 7) is 5.11. The highest BCUT2D eigenvalue weighted by molar-refractivity contribution is 7.88. The van der Waals surface area contributed by atoms with E-state index in [-0.39, 0.29) is 23.3 Å². The van der Waals surface area contributed by atoms with Crippen molar-refractivity contribution in [3.63, 3.8) is 0 Å². The van der Waals surface area contributed by atoms with Gasteiger partial charge in [0.25, 0.3) is 0 Å². The van der Waals surface area contributed by atoms with Gasteiger partial charge in [0.15, 0.2) is 5.82 Å². The van der Waals surface area contributed by atoms with E-state index < -0.39 is 10.0 Å².